The number of nitrogens with two attached hydrogens (primary N) is 1. The van der Waals surface area contributed by atoms with E-state index in [9.17, 15) is 4.79 Å². The predicted octanol–water partition coefficient (Wildman–Crippen LogP) is 2.88. The van der Waals surface area contributed by atoms with Gasteiger partial charge in [0.15, 0.2) is 0 Å². The maximum atomic E-state index is 12.0. The van der Waals surface area contributed by atoms with Crippen molar-refractivity contribution in [2.75, 3.05) is 13.1 Å². The third-order valence-corrected chi connectivity index (χ3v) is 3.67. The van der Waals surface area contributed by atoms with E-state index in [-0.39, 0.29) is 18.2 Å². The molecule has 6 heteroatoms. The summed E-state index contributed by atoms with van der Waals surface area (Å²) in [4.78, 5) is 18.0. The molecule has 1 saturated heterocycles. The highest BCUT2D eigenvalue weighted by atomic mass is 16.6. The lowest BCUT2D eigenvalue weighted by Crippen LogP contribution is -2.44. The number of hydrogen-bond acceptors (Lipinski definition) is 5. The van der Waals surface area contributed by atoms with Gasteiger partial charge in [0.05, 0.1) is 0 Å². The first-order valence-electron chi connectivity index (χ1n) is 8.11. The van der Waals surface area contributed by atoms with Gasteiger partial charge in [0, 0.05) is 44.2 Å². The van der Waals surface area contributed by atoms with Crippen molar-refractivity contribution in [3.05, 3.63) is 23.9 Å². The van der Waals surface area contributed by atoms with Gasteiger partial charge >= 0.3 is 6.09 Å². The van der Waals surface area contributed by atoms with Crippen LogP contribution >= 0.6 is 0 Å². The number of likely N-dealkylation sites (tertiary alicyclic amines) is 1. The van der Waals surface area contributed by atoms with Crippen LogP contribution in [0.15, 0.2) is 18.3 Å². The fourth-order valence-corrected chi connectivity index (χ4v) is 2.38. The molecule has 23 heavy (non-hydrogen) atoms. The molecule has 0 bridgehead atoms. The van der Waals surface area contributed by atoms with Crippen LogP contribution in [0.1, 0.15) is 52.1 Å². The zero-order valence-corrected chi connectivity index (χ0v) is 14.4. The van der Waals surface area contributed by atoms with Crippen molar-refractivity contribution < 1.29 is 14.3 Å². The monoisotopic (exact) mass is 321 g/mol. The van der Waals surface area contributed by atoms with E-state index in [1.165, 1.54) is 0 Å². The maximum absolute atomic E-state index is 12.0. The first-order valence-corrected chi connectivity index (χ1v) is 8.11. The number of carbonyl (C=O) groups excluding carboxylic acids is 1. The van der Waals surface area contributed by atoms with E-state index >= 15 is 0 Å². The van der Waals surface area contributed by atoms with Crippen LogP contribution < -0.4 is 10.5 Å². The molecule has 1 fully saturated rings. The van der Waals surface area contributed by atoms with E-state index < -0.39 is 5.60 Å². The molecule has 2 heterocycles. The lowest BCUT2D eigenvalue weighted by Gasteiger charge is -2.33. The molecule has 1 atom stereocenters. The minimum absolute atomic E-state index is 0.0337. The molecule has 1 aliphatic rings. The number of amides is 1. The second-order valence-electron chi connectivity index (χ2n) is 7.00. The molecule has 1 amide bonds. The molecule has 2 N–H and O–H groups in total. The van der Waals surface area contributed by atoms with Gasteiger partial charge in [0.25, 0.3) is 0 Å². The van der Waals surface area contributed by atoms with Gasteiger partial charge in [-0.05, 0) is 33.3 Å². The minimum atomic E-state index is -0.462. The highest BCUT2D eigenvalue weighted by Gasteiger charge is 2.27. The zero-order valence-electron chi connectivity index (χ0n) is 14.4. The normalized spacial score (nSPS) is 17.7. The Morgan fingerprint density at radius 1 is 1.35 bits per heavy atom. The molecule has 0 aliphatic carbocycles. The van der Waals surface area contributed by atoms with Crippen LogP contribution in [0.25, 0.3) is 0 Å². The van der Waals surface area contributed by atoms with Gasteiger partial charge in [0.2, 0.25) is 5.88 Å². The van der Waals surface area contributed by atoms with Gasteiger partial charge in [-0.15, -0.1) is 0 Å². The second kappa shape index (κ2) is 7.17. The van der Waals surface area contributed by atoms with Crippen LogP contribution in [0.2, 0.25) is 0 Å². The fraction of sp³-hybridized carbons (Fsp3) is 0.647. The summed E-state index contributed by atoms with van der Waals surface area (Å²) in [6.07, 6.45) is 3.11. The van der Waals surface area contributed by atoms with Crippen molar-refractivity contribution in [3.63, 3.8) is 0 Å². The Balaban J connectivity index is 1.81. The fourth-order valence-electron chi connectivity index (χ4n) is 2.38. The number of aromatic nitrogens is 1. The smallest absolute Gasteiger partial charge is 0.410 e. The molecule has 0 aromatic carbocycles. The summed E-state index contributed by atoms with van der Waals surface area (Å²) in [6, 6.07) is 3.75. The van der Waals surface area contributed by atoms with E-state index in [1.807, 2.05) is 39.8 Å². The van der Waals surface area contributed by atoms with Crippen molar-refractivity contribution in [3.8, 4) is 5.88 Å². The minimum Gasteiger partial charge on any atom is -0.474 e. The highest BCUT2D eigenvalue weighted by molar-refractivity contribution is 5.68. The number of rotatable bonds is 3. The lowest BCUT2D eigenvalue weighted by atomic mass is 10.1. The number of ether oxygens (including phenoxy) is 2. The summed E-state index contributed by atoms with van der Waals surface area (Å²) in [5.41, 5.74) is 6.33. The molecule has 1 aromatic heterocycles. The highest BCUT2D eigenvalue weighted by Crippen LogP contribution is 2.20. The number of carbonyl (C=O) groups is 1. The van der Waals surface area contributed by atoms with Gasteiger partial charge in [-0.2, -0.15) is 0 Å². The molecule has 128 valence electrons. The van der Waals surface area contributed by atoms with Gasteiger partial charge in [-0.1, -0.05) is 6.07 Å². The average Bonchev–Trinajstić information content (AvgIpc) is 2.46. The summed E-state index contributed by atoms with van der Waals surface area (Å²) >= 11 is 0. The summed E-state index contributed by atoms with van der Waals surface area (Å²) in [6.45, 7) is 8.81. The molecule has 1 aliphatic heterocycles. The topological polar surface area (TPSA) is 77.7 Å². The van der Waals surface area contributed by atoms with Crippen LogP contribution in [-0.4, -0.2) is 40.8 Å². The number of hydrogen-bond donors (Lipinski definition) is 1. The van der Waals surface area contributed by atoms with Crippen LogP contribution in [0.4, 0.5) is 4.79 Å². The quantitative estimate of drug-likeness (QED) is 0.926. The zero-order chi connectivity index (χ0) is 17.0. The van der Waals surface area contributed by atoms with Crippen molar-refractivity contribution in [1.82, 2.24) is 9.88 Å². The van der Waals surface area contributed by atoms with Crippen LogP contribution in [-0.2, 0) is 4.74 Å². The van der Waals surface area contributed by atoms with Gasteiger partial charge < -0.3 is 20.1 Å². The Bertz CT molecular complexity index is 515. The number of nitrogens with zero attached hydrogens (tertiary/aromatic N) is 2. The Kier molecular flexibility index (Phi) is 5.46. The molecule has 0 saturated carbocycles. The third kappa shape index (κ3) is 5.39. The third-order valence-electron chi connectivity index (χ3n) is 3.67. The molecule has 2 rings (SSSR count). The van der Waals surface area contributed by atoms with Crippen LogP contribution in [0.5, 0.6) is 5.88 Å². The van der Waals surface area contributed by atoms with E-state index in [2.05, 4.69) is 4.98 Å². The molecular weight excluding hydrogens is 294 g/mol. The van der Waals surface area contributed by atoms with E-state index in [0.29, 0.717) is 19.0 Å². The Labute approximate surface area is 138 Å². The van der Waals surface area contributed by atoms with E-state index in [1.54, 1.807) is 11.1 Å². The first-order chi connectivity index (χ1) is 10.7. The summed E-state index contributed by atoms with van der Waals surface area (Å²) < 4.78 is 11.3. The molecular formula is C17H27N3O3. The Morgan fingerprint density at radius 2 is 2.00 bits per heavy atom. The van der Waals surface area contributed by atoms with Gasteiger partial charge in [-0.25, -0.2) is 9.78 Å². The first kappa shape index (κ1) is 17.5. The van der Waals surface area contributed by atoms with Crippen LogP contribution in [0.3, 0.4) is 0 Å². The molecule has 0 spiro atoms. The molecule has 1 aromatic rings. The van der Waals surface area contributed by atoms with Crippen molar-refractivity contribution in [2.45, 2.75) is 58.3 Å². The number of piperidine rings is 1. The van der Waals surface area contributed by atoms with Crippen molar-refractivity contribution in [1.29, 1.82) is 0 Å². The van der Waals surface area contributed by atoms with Gasteiger partial charge in [-0.3, -0.25) is 0 Å². The molecule has 0 unspecified atom stereocenters. The SMILES string of the molecule is C[C@H](N)c1ccc(OC2CCN(C(=O)OC(C)(C)C)CC2)nc1. The Morgan fingerprint density at radius 3 is 2.48 bits per heavy atom. The summed E-state index contributed by atoms with van der Waals surface area (Å²) in [5, 5.41) is 0. The van der Waals surface area contributed by atoms with Crippen molar-refractivity contribution in [2.24, 2.45) is 5.73 Å². The Hall–Kier alpha value is -1.82. The molecule has 0 radical (unpaired) electrons. The largest absolute Gasteiger partial charge is 0.474 e. The molecule has 6 nitrogen and oxygen atoms in total. The number of pyridine rings is 1. The summed E-state index contributed by atoms with van der Waals surface area (Å²) in [7, 11) is 0. The second-order valence-corrected chi connectivity index (χ2v) is 7.00. The van der Waals surface area contributed by atoms with E-state index in [0.717, 1.165) is 18.4 Å². The lowest BCUT2D eigenvalue weighted by molar-refractivity contribution is 0.0123. The van der Waals surface area contributed by atoms with E-state index in [4.69, 9.17) is 15.2 Å². The maximum Gasteiger partial charge on any atom is 0.410 e. The standard InChI is InChI=1S/C17H27N3O3/c1-12(18)13-5-6-15(19-11-13)22-14-7-9-20(10-8-14)16(21)23-17(2,3)4/h5-6,11-12,14H,7-10,18H2,1-4H3/t12-/m0/s1. The average molecular weight is 321 g/mol. The predicted molar refractivity (Wildman–Crippen MR) is 88.3 cm³/mol. The van der Waals surface area contributed by atoms with Gasteiger partial charge in [0.1, 0.15) is 11.7 Å². The van der Waals surface area contributed by atoms with Crippen LogP contribution in [0, 0.1) is 0 Å². The summed E-state index contributed by atoms with van der Waals surface area (Å²) in [5.74, 6) is 0.602. The van der Waals surface area contributed by atoms with Crippen molar-refractivity contribution >= 4 is 6.09 Å².